The third-order valence-electron chi connectivity index (χ3n) is 2.22. The van der Waals surface area contributed by atoms with Gasteiger partial charge in [-0.3, -0.25) is 0 Å². The summed E-state index contributed by atoms with van der Waals surface area (Å²) in [7, 11) is 0. The summed E-state index contributed by atoms with van der Waals surface area (Å²) in [6.07, 6.45) is 7.25. The van der Waals surface area contributed by atoms with Gasteiger partial charge >= 0.3 is 0 Å². The number of rotatable bonds is 8. The first-order chi connectivity index (χ1) is 7.60. The van der Waals surface area contributed by atoms with E-state index in [-0.39, 0.29) is 0 Å². The van der Waals surface area contributed by atoms with E-state index in [0.29, 0.717) is 5.54 Å². The molecule has 0 fully saturated rings. The summed E-state index contributed by atoms with van der Waals surface area (Å²) in [6, 6.07) is 0. The van der Waals surface area contributed by atoms with Crippen LogP contribution >= 0.6 is 47.6 Å². The molecular weight excluding hydrogens is 395 g/mol. The first kappa shape index (κ1) is 17.0. The molecule has 0 aromatic carbocycles. The van der Waals surface area contributed by atoms with Crippen LogP contribution in [0.15, 0.2) is 20.9 Å². The van der Waals surface area contributed by atoms with Crippen LogP contribution in [0.1, 0.15) is 52.4 Å². The fraction of sp³-hybridized carbons (Fsp3) is 0.667. The molecule has 0 aliphatic rings. The predicted octanol–water partition coefficient (Wildman–Crippen LogP) is 6.39. The van der Waals surface area contributed by atoms with Gasteiger partial charge in [0.1, 0.15) is 0 Å². The smallest absolute Gasteiger partial charge is 0.144 e. The van der Waals surface area contributed by atoms with Crippen molar-refractivity contribution in [1.82, 2.24) is 0 Å². The maximum absolute atomic E-state index is 3.65. The van der Waals surface area contributed by atoms with E-state index in [1.54, 1.807) is 0 Å². The van der Waals surface area contributed by atoms with Gasteiger partial charge in [-0.2, -0.15) is 0 Å². The Morgan fingerprint density at radius 2 is 1.31 bits per heavy atom. The first-order valence-electron chi connectivity index (χ1n) is 5.96. The molecule has 0 unspecified atom stereocenters. The van der Waals surface area contributed by atoms with Crippen molar-refractivity contribution in [3.05, 3.63) is 20.9 Å². The summed E-state index contributed by atoms with van der Waals surface area (Å²) < 4.78 is 2.59. The lowest BCUT2D eigenvalue weighted by molar-refractivity contribution is 0.810. The molecule has 16 heavy (non-hydrogen) atoms. The molecule has 0 atom stereocenters. The Balaban J connectivity index is 4.07. The highest BCUT2D eigenvalue weighted by molar-refractivity contribution is 9.25. The molecule has 92 valence electrons. The standard InChI is InChI=1S/C12H20BBr3/c1-3-5-7-11(14)9-13(16)10-12(15)8-6-4-2/h9-10H,3-8H2,1-2H3/b11-9-,12-10-. The second-order valence-corrected chi connectivity index (χ2v) is 6.97. The first-order valence-corrected chi connectivity index (χ1v) is 8.46. The summed E-state index contributed by atoms with van der Waals surface area (Å²) in [5, 5.41) is 0. The highest BCUT2D eigenvalue weighted by Gasteiger charge is 2.04. The minimum Gasteiger partial charge on any atom is -0.144 e. The van der Waals surface area contributed by atoms with Crippen LogP contribution in [0.5, 0.6) is 0 Å². The molecule has 0 aliphatic carbocycles. The average molecular weight is 415 g/mol. The maximum Gasteiger partial charge on any atom is 0.274 e. The second-order valence-electron chi connectivity index (χ2n) is 3.88. The monoisotopic (exact) mass is 412 g/mol. The van der Waals surface area contributed by atoms with Gasteiger partial charge < -0.3 is 0 Å². The van der Waals surface area contributed by atoms with E-state index in [9.17, 15) is 0 Å². The van der Waals surface area contributed by atoms with Crippen LogP contribution in [0.3, 0.4) is 0 Å². The van der Waals surface area contributed by atoms with Crippen LogP contribution in [-0.4, -0.2) is 5.54 Å². The van der Waals surface area contributed by atoms with E-state index in [4.69, 9.17) is 0 Å². The van der Waals surface area contributed by atoms with Crippen LogP contribution in [-0.2, 0) is 0 Å². The summed E-state index contributed by atoms with van der Waals surface area (Å²) in [6.45, 7) is 4.43. The number of hydrogen-bond donors (Lipinski definition) is 0. The van der Waals surface area contributed by atoms with Crippen LogP contribution < -0.4 is 0 Å². The Morgan fingerprint density at radius 3 is 1.62 bits per heavy atom. The predicted molar refractivity (Wildman–Crippen MR) is 87.8 cm³/mol. The van der Waals surface area contributed by atoms with Gasteiger partial charge in [-0.05, 0) is 34.6 Å². The quantitative estimate of drug-likeness (QED) is 0.404. The fourth-order valence-corrected chi connectivity index (χ4v) is 3.73. The molecule has 0 spiro atoms. The van der Waals surface area contributed by atoms with Crippen LogP contribution in [0.4, 0.5) is 0 Å². The van der Waals surface area contributed by atoms with E-state index < -0.39 is 0 Å². The number of halogens is 3. The Hall–Kier alpha value is 0.985. The lowest BCUT2D eigenvalue weighted by Crippen LogP contribution is -1.96. The Morgan fingerprint density at radius 1 is 0.938 bits per heavy atom. The second kappa shape index (κ2) is 11.1. The highest BCUT2D eigenvalue weighted by Crippen LogP contribution is 2.20. The van der Waals surface area contributed by atoms with Crippen molar-refractivity contribution in [2.75, 3.05) is 0 Å². The zero-order valence-corrected chi connectivity index (χ0v) is 14.9. The highest BCUT2D eigenvalue weighted by atomic mass is 79.9. The molecule has 0 radical (unpaired) electrons. The van der Waals surface area contributed by atoms with Crippen LogP contribution in [0.25, 0.3) is 0 Å². The average Bonchev–Trinajstić information content (AvgIpc) is 2.23. The minimum atomic E-state index is 0.324. The molecule has 0 heterocycles. The molecule has 0 saturated heterocycles. The van der Waals surface area contributed by atoms with E-state index in [1.165, 1.54) is 34.6 Å². The van der Waals surface area contributed by atoms with Gasteiger partial charge in [-0.25, -0.2) is 0 Å². The summed E-state index contributed by atoms with van der Waals surface area (Å²) in [5.41, 5.74) is 0.324. The molecule has 0 amide bonds. The van der Waals surface area contributed by atoms with Gasteiger partial charge in [0.25, 0.3) is 5.54 Å². The van der Waals surface area contributed by atoms with Gasteiger partial charge in [0, 0.05) is 0 Å². The Kier molecular flexibility index (Phi) is 11.8. The lowest BCUT2D eigenvalue weighted by atomic mass is 9.77. The molecule has 0 nitrogen and oxygen atoms in total. The van der Waals surface area contributed by atoms with E-state index in [2.05, 4.69) is 73.4 Å². The molecule has 0 bridgehead atoms. The molecule has 0 aromatic rings. The van der Waals surface area contributed by atoms with Gasteiger partial charge in [-0.15, -0.1) is 15.8 Å². The molecule has 0 saturated carbocycles. The van der Waals surface area contributed by atoms with Crippen LogP contribution in [0, 0.1) is 0 Å². The van der Waals surface area contributed by atoms with Crippen molar-refractivity contribution >= 4 is 53.2 Å². The number of allylic oxidation sites excluding steroid dienone is 2. The van der Waals surface area contributed by atoms with Crippen molar-refractivity contribution < 1.29 is 0 Å². The molecule has 0 aliphatic heterocycles. The molecule has 0 N–H and O–H groups in total. The summed E-state index contributed by atoms with van der Waals surface area (Å²) in [4.78, 5) is 0. The summed E-state index contributed by atoms with van der Waals surface area (Å²) >= 11 is 10.9. The third-order valence-corrected chi connectivity index (χ3v) is 4.07. The van der Waals surface area contributed by atoms with E-state index in [1.807, 2.05) is 0 Å². The van der Waals surface area contributed by atoms with Gasteiger partial charge in [0.2, 0.25) is 0 Å². The molecule has 0 aromatic heterocycles. The van der Waals surface area contributed by atoms with E-state index >= 15 is 0 Å². The van der Waals surface area contributed by atoms with Gasteiger partial charge in [0.15, 0.2) is 0 Å². The molecule has 4 heteroatoms. The van der Waals surface area contributed by atoms with E-state index in [0.717, 1.165) is 12.8 Å². The van der Waals surface area contributed by atoms with Crippen molar-refractivity contribution in [1.29, 1.82) is 0 Å². The van der Waals surface area contributed by atoms with Crippen LogP contribution in [0.2, 0.25) is 0 Å². The number of hydrogen-bond acceptors (Lipinski definition) is 0. The Bertz CT molecular complexity index is 212. The lowest BCUT2D eigenvalue weighted by Gasteiger charge is -2.01. The Labute approximate surface area is 126 Å². The molecular formula is C12H20BBr3. The maximum atomic E-state index is 3.65. The molecule has 0 rings (SSSR count). The van der Waals surface area contributed by atoms with Crippen molar-refractivity contribution in [3.8, 4) is 0 Å². The fourth-order valence-electron chi connectivity index (χ4n) is 1.25. The topological polar surface area (TPSA) is 0 Å². The third kappa shape index (κ3) is 10.2. The largest absolute Gasteiger partial charge is 0.274 e. The zero-order chi connectivity index (χ0) is 12.4. The number of unbranched alkanes of at least 4 members (excludes halogenated alkanes) is 2. The van der Waals surface area contributed by atoms with Gasteiger partial charge in [0.05, 0.1) is 0 Å². The minimum absolute atomic E-state index is 0.324. The normalized spacial score (nSPS) is 13.1. The zero-order valence-electron chi connectivity index (χ0n) is 10.1. The van der Waals surface area contributed by atoms with Crippen molar-refractivity contribution in [3.63, 3.8) is 0 Å². The SMILES string of the molecule is CCCC/C(Br)=C/B(Br)/C=C(\Br)CCCC. The van der Waals surface area contributed by atoms with Crippen molar-refractivity contribution in [2.24, 2.45) is 0 Å². The van der Waals surface area contributed by atoms with Gasteiger partial charge in [-0.1, -0.05) is 70.5 Å². The summed E-state index contributed by atoms with van der Waals surface area (Å²) in [5.74, 6) is 4.45. The van der Waals surface area contributed by atoms with Crippen molar-refractivity contribution in [2.45, 2.75) is 52.4 Å².